The van der Waals surface area contributed by atoms with Crippen LogP contribution in [0.5, 0.6) is 0 Å². The maximum absolute atomic E-state index is 13.0. The number of ether oxygens (including phenoxy) is 1. The van der Waals surface area contributed by atoms with Crippen molar-refractivity contribution in [2.24, 2.45) is 0 Å². The minimum absolute atomic E-state index is 0.165. The Bertz CT molecular complexity index is 698. The van der Waals surface area contributed by atoms with Crippen LogP contribution in [0.1, 0.15) is 10.4 Å². The maximum Gasteiger partial charge on any atom is 0.337 e. The number of amides is 1. The summed E-state index contributed by atoms with van der Waals surface area (Å²) in [6, 6.07) is 9.03. The van der Waals surface area contributed by atoms with Crippen LogP contribution in [0.4, 0.5) is 20.2 Å². The van der Waals surface area contributed by atoms with Crippen molar-refractivity contribution in [3.05, 3.63) is 59.7 Å². The van der Waals surface area contributed by atoms with E-state index >= 15 is 0 Å². The Morgan fingerprint density at radius 3 is 2.17 bits per heavy atom. The van der Waals surface area contributed by atoms with E-state index in [0.717, 1.165) is 18.2 Å². The summed E-state index contributed by atoms with van der Waals surface area (Å²) in [6.07, 6.45) is 0. The summed E-state index contributed by atoms with van der Waals surface area (Å²) in [5.74, 6) is -2.34. The first-order valence-corrected chi connectivity index (χ1v) is 6.66. The zero-order valence-corrected chi connectivity index (χ0v) is 12.2. The highest BCUT2D eigenvalue weighted by Gasteiger charge is 2.07. The molecule has 0 fully saturated rings. The van der Waals surface area contributed by atoms with Gasteiger partial charge < -0.3 is 15.4 Å². The number of benzene rings is 2. The number of esters is 1. The predicted molar refractivity (Wildman–Crippen MR) is 81.3 cm³/mol. The van der Waals surface area contributed by atoms with E-state index in [9.17, 15) is 18.4 Å². The number of halogens is 2. The van der Waals surface area contributed by atoms with Crippen LogP contribution in [-0.4, -0.2) is 25.5 Å². The van der Waals surface area contributed by atoms with Gasteiger partial charge in [0, 0.05) is 17.4 Å². The Balaban J connectivity index is 1.90. The summed E-state index contributed by atoms with van der Waals surface area (Å²) in [5, 5.41) is 5.20. The molecule has 2 aromatic rings. The molecule has 0 bridgehead atoms. The third kappa shape index (κ3) is 4.77. The lowest BCUT2D eigenvalue weighted by Crippen LogP contribution is -2.21. The normalized spacial score (nSPS) is 10.0. The fourth-order valence-electron chi connectivity index (χ4n) is 1.85. The zero-order valence-electron chi connectivity index (χ0n) is 12.2. The van der Waals surface area contributed by atoms with Gasteiger partial charge >= 0.3 is 5.97 Å². The highest BCUT2D eigenvalue weighted by molar-refractivity contribution is 5.95. The molecule has 0 aliphatic heterocycles. The molecule has 2 rings (SSSR count). The lowest BCUT2D eigenvalue weighted by molar-refractivity contribution is -0.114. The van der Waals surface area contributed by atoms with E-state index in [1.165, 1.54) is 19.2 Å². The van der Waals surface area contributed by atoms with Crippen LogP contribution in [0.2, 0.25) is 0 Å². The minimum Gasteiger partial charge on any atom is -0.465 e. The van der Waals surface area contributed by atoms with E-state index < -0.39 is 23.5 Å². The van der Waals surface area contributed by atoms with Crippen LogP contribution < -0.4 is 10.6 Å². The first kappa shape index (κ1) is 16.4. The molecule has 0 unspecified atom stereocenters. The van der Waals surface area contributed by atoms with E-state index in [1.807, 2.05) is 0 Å². The zero-order chi connectivity index (χ0) is 16.8. The van der Waals surface area contributed by atoms with Crippen LogP contribution in [-0.2, 0) is 9.53 Å². The molecular weight excluding hydrogens is 306 g/mol. The molecule has 5 nitrogen and oxygen atoms in total. The average molecular weight is 320 g/mol. The molecular formula is C16H14F2N2O3. The number of anilines is 2. The van der Waals surface area contributed by atoms with E-state index in [1.54, 1.807) is 12.1 Å². The van der Waals surface area contributed by atoms with Gasteiger partial charge in [-0.2, -0.15) is 0 Å². The molecule has 0 atom stereocenters. The maximum atomic E-state index is 13.0. The van der Waals surface area contributed by atoms with Gasteiger partial charge in [0.25, 0.3) is 0 Å². The van der Waals surface area contributed by atoms with Crippen LogP contribution in [0.25, 0.3) is 0 Å². The number of nitrogens with one attached hydrogen (secondary N) is 2. The summed E-state index contributed by atoms with van der Waals surface area (Å²) in [4.78, 5) is 23.1. The first-order chi connectivity index (χ1) is 11.0. The van der Waals surface area contributed by atoms with Crippen LogP contribution in [0.3, 0.4) is 0 Å². The number of hydrogen-bond acceptors (Lipinski definition) is 4. The molecule has 0 spiro atoms. The fraction of sp³-hybridized carbons (Fsp3) is 0.125. The lowest BCUT2D eigenvalue weighted by atomic mass is 10.2. The van der Waals surface area contributed by atoms with Gasteiger partial charge in [-0.25, -0.2) is 13.6 Å². The SMILES string of the molecule is COC(=O)c1ccc(NC(=O)CNc2cc(F)cc(F)c2)cc1. The van der Waals surface area contributed by atoms with Crippen molar-refractivity contribution in [3.8, 4) is 0 Å². The van der Waals surface area contributed by atoms with Gasteiger partial charge in [-0.15, -0.1) is 0 Å². The summed E-state index contributed by atoms with van der Waals surface area (Å²) in [5.41, 5.74) is 1.01. The van der Waals surface area contributed by atoms with Crippen molar-refractivity contribution in [1.82, 2.24) is 0 Å². The molecule has 2 aromatic carbocycles. The second kappa shape index (κ2) is 7.35. The van der Waals surface area contributed by atoms with Crippen molar-refractivity contribution < 1.29 is 23.1 Å². The summed E-state index contributed by atoms with van der Waals surface area (Å²) in [6.45, 7) is -0.165. The van der Waals surface area contributed by atoms with E-state index in [0.29, 0.717) is 11.3 Å². The Kier molecular flexibility index (Phi) is 5.24. The highest BCUT2D eigenvalue weighted by Crippen LogP contribution is 2.13. The van der Waals surface area contributed by atoms with E-state index in [-0.39, 0.29) is 12.2 Å². The van der Waals surface area contributed by atoms with E-state index in [4.69, 9.17) is 0 Å². The molecule has 23 heavy (non-hydrogen) atoms. The Labute approximate surface area is 131 Å². The van der Waals surface area contributed by atoms with Crippen LogP contribution in [0.15, 0.2) is 42.5 Å². The standard InChI is InChI=1S/C16H14F2N2O3/c1-23-16(22)10-2-4-13(5-3-10)20-15(21)9-19-14-7-11(17)6-12(18)8-14/h2-8,19H,9H2,1H3,(H,20,21). The second-order valence-corrected chi connectivity index (χ2v) is 4.63. The molecule has 0 aromatic heterocycles. The molecule has 0 saturated carbocycles. The van der Waals surface area contributed by atoms with Gasteiger partial charge in [-0.05, 0) is 36.4 Å². The Morgan fingerprint density at radius 1 is 1.00 bits per heavy atom. The van der Waals surface area contributed by atoms with Gasteiger partial charge in [0.2, 0.25) is 5.91 Å². The number of carbonyl (C=O) groups excluding carboxylic acids is 2. The fourth-order valence-corrected chi connectivity index (χ4v) is 1.85. The average Bonchev–Trinajstić information content (AvgIpc) is 2.52. The molecule has 120 valence electrons. The smallest absolute Gasteiger partial charge is 0.337 e. The van der Waals surface area contributed by atoms with Crippen molar-refractivity contribution in [3.63, 3.8) is 0 Å². The molecule has 0 radical (unpaired) electrons. The molecule has 0 heterocycles. The highest BCUT2D eigenvalue weighted by atomic mass is 19.1. The molecule has 1 amide bonds. The molecule has 2 N–H and O–H groups in total. The quantitative estimate of drug-likeness (QED) is 0.831. The minimum atomic E-state index is -0.730. The predicted octanol–water partition coefficient (Wildman–Crippen LogP) is 2.80. The first-order valence-electron chi connectivity index (χ1n) is 6.66. The van der Waals surface area contributed by atoms with Gasteiger partial charge in [-0.1, -0.05) is 0 Å². The van der Waals surface area contributed by atoms with Gasteiger partial charge in [0.1, 0.15) is 11.6 Å². The summed E-state index contributed by atoms with van der Waals surface area (Å²) >= 11 is 0. The van der Waals surface area contributed by atoms with Gasteiger partial charge in [-0.3, -0.25) is 4.79 Å². The van der Waals surface area contributed by atoms with Crippen LogP contribution in [0, 0.1) is 11.6 Å². The van der Waals surface area contributed by atoms with Gasteiger partial charge in [0.05, 0.1) is 19.2 Å². The van der Waals surface area contributed by atoms with Crippen molar-refractivity contribution in [2.45, 2.75) is 0 Å². The Morgan fingerprint density at radius 2 is 1.61 bits per heavy atom. The monoisotopic (exact) mass is 320 g/mol. The summed E-state index contributed by atoms with van der Waals surface area (Å²) in [7, 11) is 1.28. The molecule has 0 saturated heterocycles. The number of methoxy groups -OCH3 is 1. The summed E-state index contributed by atoms with van der Waals surface area (Å²) < 4.78 is 30.6. The number of hydrogen-bond donors (Lipinski definition) is 2. The number of rotatable bonds is 5. The van der Waals surface area contributed by atoms with E-state index in [2.05, 4.69) is 15.4 Å². The van der Waals surface area contributed by atoms with Gasteiger partial charge in [0.15, 0.2) is 0 Å². The lowest BCUT2D eigenvalue weighted by Gasteiger charge is -2.08. The number of carbonyl (C=O) groups is 2. The topological polar surface area (TPSA) is 67.4 Å². The van der Waals surface area contributed by atoms with Crippen molar-refractivity contribution in [2.75, 3.05) is 24.3 Å². The third-order valence-corrected chi connectivity index (χ3v) is 2.91. The Hall–Kier alpha value is -2.96. The molecule has 7 heteroatoms. The molecule has 0 aliphatic rings. The molecule has 0 aliphatic carbocycles. The largest absolute Gasteiger partial charge is 0.465 e. The van der Waals surface area contributed by atoms with Crippen molar-refractivity contribution in [1.29, 1.82) is 0 Å². The van der Waals surface area contributed by atoms with Crippen LogP contribution >= 0.6 is 0 Å². The second-order valence-electron chi connectivity index (χ2n) is 4.63. The van der Waals surface area contributed by atoms with Crippen molar-refractivity contribution >= 4 is 23.3 Å². The third-order valence-electron chi connectivity index (χ3n) is 2.91.